The average Bonchev–Trinajstić information content (AvgIpc) is 3.41. The first-order chi connectivity index (χ1) is 37.0. The van der Waals surface area contributed by atoms with Gasteiger partial charge in [0.25, 0.3) is 0 Å². The first-order valence-corrected chi connectivity index (χ1v) is 32.1. The molecule has 432 valence electrons. The maximum Gasteiger partial charge on any atom is 0.306 e. The van der Waals surface area contributed by atoms with Crippen molar-refractivity contribution in [3.63, 3.8) is 0 Å². The summed E-state index contributed by atoms with van der Waals surface area (Å²) >= 11 is 0. The van der Waals surface area contributed by atoms with Gasteiger partial charge in [0.1, 0.15) is 13.2 Å². The molecule has 6 heteroatoms. The maximum atomic E-state index is 12.9. The molecular formula is C69H120O6. The summed E-state index contributed by atoms with van der Waals surface area (Å²) in [4.78, 5) is 38.3. The number of unbranched alkanes of at least 4 members (excludes halogenated alkanes) is 33. The Morgan fingerprint density at radius 3 is 0.840 bits per heavy atom. The van der Waals surface area contributed by atoms with Crippen molar-refractivity contribution < 1.29 is 28.6 Å². The monoisotopic (exact) mass is 1040 g/mol. The molecule has 0 bridgehead atoms. The van der Waals surface area contributed by atoms with E-state index in [1.807, 2.05) is 0 Å². The van der Waals surface area contributed by atoms with Gasteiger partial charge in [0.15, 0.2) is 6.10 Å². The minimum Gasteiger partial charge on any atom is -0.462 e. The van der Waals surface area contributed by atoms with Crippen LogP contribution in [0.4, 0.5) is 0 Å². The van der Waals surface area contributed by atoms with Gasteiger partial charge in [-0.1, -0.05) is 286 Å². The predicted molar refractivity (Wildman–Crippen MR) is 325 cm³/mol. The van der Waals surface area contributed by atoms with Gasteiger partial charge >= 0.3 is 17.9 Å². The van der Waals surface area contributed by atoms with Crippen molar-refractivity contribution in [3.8, 4) is 0 Å². The van der Waals surface area contributed by atoms with Gasteiger partial charge in [-0.3, -0.25) is 14.4 Å². The Morgan fingerprint density at radius 1 is 0.280 bits per heavy atom. The molecule has 6 nitrogen and oxygen atoms in total. The number of carbonyl (C=O) groups is 3. The molecule has 0 radical (unpaired) electrons. The van der Waals surface area contributed by atoms with Crippen LogP contribution in [-0.4, -0.2) is 37.2 Å². The van der Waals surface area contributed by atoms with Gasteiger partial charge in [-0.15, -0.1) is 0 Å². The molecular weight excluding hydrogens is 925 g/mol. The van der Waals surface area contributed by atoms with Gasteiger partial charge in [0.2, 0.25) is 0 Å². The Labute approximate surface area is 465 Å². The van der Waals surface area contributed by atoms with E-state index in [2.05, 4.69) is 106 Å². The SMILES string of the molecule is CC/C=C\C/C=C\C/C=C\C/C=C\CCCCCCCCCCCCCCC(=O)OCC(COC(=O)CCCCCCCCCCCCCCC)OC(=O)CCCCCCCC/C=C\C/C=C\C/C=C\CCCCC. The normalized spacial score (nSPS) is 12.6. The van der Waals surface area contributed by atoms with Gasteiger partial charge in [-0.05, 0) is 96.3 Å². The lowest BCUT2D eigenvalue weighted by Gasteiger charge is -2.18. The first-order valence-electron chi connectivity index (χ1n) is 32.1. The van der Waals surface area contributed by atoms with E-state index in [0.717, 1.165) is 109 Å². The lowest BCUT2D eigenvalue weighted by molar-refractivity contribution is -0.167. The van der Waals surface area contributed by atoms with Crippen LogP contribution < -0.4 is 0 Å². The molecule has 0 spiro atoms. The highest BCUT2D eigenvalue weighted by Gasteiger charge is 2.19. The predicted octanol–water partition coefficient (Wildman–Crippen LogP) is 21.9. The summed E-state index contributed by atoms with van der Waals surface area (Å²) in [5.41, 5.74) is 0. The van der Waals surface area contributed by atoms with Crippen LogP contribution in [0, 0.1) is 0 Å². The average molecular weight is 1050 g/mol. The number of allylic oxidation sites excluding steroid dienone is 14. The number of carbonyl (C=O) groups excluding carboxylic acids is 3. The summed E-state index contributed by atoms with van der Waals surface area (Å²) in [6.07, 6.45) is 83.0. The summed E-state index contributed by atoms with van der Waals surface area (Å²) < 4.78 is 16.9. The van der Waals surface area contributed by atoms with E-state index in [9.17, 15) is 14.4 Å². The lowest BCUT2D eigenvalue weighted by atomic mass is 10.0. The van der Waals surface area contributed by atoms with Crippen molar-refractivity contribution in [2.45, 2.75) is 322 Å². The molecule has 75 heavy (non-hydrogen) atoms. The Morgan fingerprint density at radius 2 is 0.520 bits per heavy atom. The standard InChI is InChI=1S/C69H120O6/c1-4-7-10-13-16-19-22-25-27-29-31-32-33-34-35-36-38-39-41-44-47-50-53-56-59-62-68(71)74-65-66(64-73-67(70)61-58-55-52-49-46-43-24-21-18-15-12-9-6-3)75-69(72)63-60-57-54-51-48-45-42-40-37-30-28-26-23-20-17-14-11-8-5-2/h7,10,16-17,19-20,25-28,31-32,37,40,66H,4-6,8-9,11-15,18,21-24,29-30,33-36,38-39,41-65H2,1-3H3/b10-7-,19-16-,20-17-,27-25-,28-26-,32-31-,40-37-. The zero-order valence-corrected chi connectivity index (χ0v) is 49.6. The second-order valence-corrected chi connectivity index (χ2v) is 21.3. The molecule has 0 heterocycles. The van der Waals surface area contributed by atoms with Crippen molar-refractivity contribution in [3.05, 3.63) is 85.1 Å². The summed E-state index contributed by atoms with van der Waals surface area (Å²) in [6.45, 7) is 6.52. The Bertz CT molecular complexity index is 1430. The van der Waals surface area contributed by atoms with E-state index in [4.69, 9.17) is 14.2 Å². The van der Waals surface area contributed by atoms with Crippen LogP contribution in [0.15, 0.2) is 85.1 Å². The third kappa shape index (κ3) is 61.3. The van der Waals surface area contributed by atoms with Crippen LogP contribution >= 0.6 is 0 Å². The van der Waals surface area contributed by atoms with E-state index in [-0.39, 0.29) is 31.1 Å². The van der Waals surface area contributed by atoms with E-state index in [1.165, 1.54) is 167 Å². The fraction of sp³-hybridized carbons (Fsp3) is 0.754. The van der Waals surface area contributed by atoms with Gasteiger partial charge in [-0.25, -0.2) is 0 Å². The minimum atomic E-state index is -0.783. The van der Waals surface area contributed by atoms with Crippen LogP contribution in [-0.2, 0) is 28.6 Å². The van der Waals surface area contributed by atoms with Gasteiger partial charge < -0.3 is 14.2 Å². The number of ether oxygens (including phenoxy) is 3. The Balaban J connectivity index is 4.32. The van der Waals surface area contributed by atoms with Crippen LogP contribution in [0.25, 0.3) is 0 Å². The molecule has 0 fully saturated rings. The number of esters is 3. The zero-order valence-electron chi connectivity index (χ0n) is 49.6. The van der Waals surface area contributed by atoms with Crippen molar-refractivity contribution >= 4 is 17.9 Å². The molecule has 1 atom stereocenters. The highest BCUT2D eigenvalue weighted by molar-refractivity contribution is 5.71. The largest absolute Gasteiger partial charge is 0.462 e. The van der Waals surface area contributed by atoms with Crippen molar-refractivity contribution in [2.75, 3.05) is 13.2 Å². The summed E-state index contributed by atoms with van der Waals surface area (Å²) in [5.74, 6) is -0.880. The molecule has 0 N–H and O–H groups in total. The van der Waals surface area contributed by atoms with Crippen LogP contribution in [0.1, 0.15) is 316 Å². The smallest absolute Gasteiger partial charge is 0.306 e. The van der Waals surface area contributed by atoms with Crippen molar-refractivity contribution in [2.24, 2.45) is 0 Å². The lowest BCUT2D eigenvalue weighted by Crippen LogP contribution is -2.30. The van der Waals surface area contributed by atoms with Crippen LogP contribution in [0.3, 0.4) is 0 Å². The van der Waals surface area contributed by atoms with Gasteiger partial charge in [0, 0.05) is 19.3 Å². The highest BCUT2D eigenvalue weighted by atomic mass is 16.6. The minimum absolute atomic E-state index is 0.0791. The third-order valence-electron chi connectivity index (χ3n) is 13.9. The quantitative estimate of drug-likeness (QED) is 0.0261. The molecule has 0 aromatic rings. The van der Waals surface area contributed by atoms with E-state index in [1.54, 1.807) is 0 Å². The summed E-state index contributed by atoms with van der Waals surface area (Å²) in [7, 11) is 0. The molecule has 0 aliphatic heterocycles. The Hall–Kier alpha value is -3.41. The Kier molecular flexibility index (Phi) is 60.3. The van der Waals surface area contributed by atoms with Crippen molar-refractivity contribution in [1.82, 2.24) is 0 Å². The van der Waals surface area contributed by atoms with Gasteiger partial charge in [-0.2, -0.15) is 0 Å². The number of hydrogen-bond donors (Lipinski definition) is 0. The third-order valence-corrected chi connectivity index (χ3v) is 13.9. The maximum absolute atomic E-state index is 12.9. The molecule has 0 aliphatic rings. The molecule has 0 aliphatic carbocycles. The fourth-order valence-corrected chi connectivity index (χ4v) is 9.09. The molecule has 0 amide bonds. The van der Waals surface area contributed by atoms with Crippen LogP contribution in [0.2, 0.25) is 0 Å². The molecule has 0 aromatic carbocycles. The first kappa shape index (κ1) is 71.6. The topological polar surface area (TPSA) is 78.9 Å². The van der Waals surface area contributed by atoms with Gasteiger partial charge in [0.05, 0.1) is 0 Å². The zero-order chi connectivity index (χ0) is 54.3. The molecule has 0 aromatic heterocycles. The van der Waals surface area contributed by atoms with Crippen molar-refractivity contribution in [1.29, 1.82) is 0 Å². The number of rotatable bonds is 58. The molecule has 0 rings (SSSR count). The summed E-state index contributed by atoms with van der Waals surface area (Å²) in [5, 5.41) is 0. The second-order valence-electron chi connectivity index (χ2n) is 21.3. The molecule has 0 saturated carbocycles. The molecule has 1 unspecified atom stereocenters. The van der Waals surface area contributed by atoms with E-state index < -0.39 is 6.10 Å². The van der Waals surface area contributed by atoms with Crippen LogP contribution in [0.5, 0.6) is 0 Å². The summed E-state index contributed by atoms with van der Waals surface area (Å²) in [6, 6.07) is 0. The van der Waals surface area contributed by atoms with E-state index in [0.29, 0.717) is 19.3 Å². The molecule has 0 saturated heterocycles. The second kappa shape index (κ2) is 63.1. The fourth-order valence-electron chi connectivity index (χ4n) is 9.09. The van der Waals surface area contributed by atoms with E-state index >= 15 is 0 Å². The highest BCUT2D eigenvalue weighted by Crippen LogP contribution is 2.16. The number of hydrogen-bond acceptors (Lipinski definition) is 6.